The van der Waals surface area contributed by atoms with Gasteiger partial charge in [0.15, 0.2) is 0 Å². The molecule has 2 heteroatoms. The lowest BCUT2D eigenvalue weighted by atomic mass is 9.94. The molecular formula is C19H25NO. The van der Waals surface area contributed by atoms with Crippen molar-refractivity contribution >= 4 is 0 Å². The zero-order chi connectivity index (χ0) is 15.4. The van der Waals surface area contributed by atoms with Crippen LogP contribution in [0, 0.1) is 13.8 Å². The molecule has 2 aromatic rings. The summed E-state index contributed by atoms with van der Waals surface area (Å²) in [6, 6.07) is 13.4. The first kappa shape index (κ1) is 15.6. The number of hydrogen-bond acceptors (Lipinski definition) is 2. The highest BCUT2D eigenvalue weighted by Gasteiger charge is 2.10. The highest BCUT2D eigenvalue weighted by atomic mass is 16.5. The molecule has 2 rings (SSSR count). The summed E-state index contributed by atoms with van der Waals surface area (Å²) in [6.45, 7) is 9.48. The molecule has 0 saturated heterocycles. The van der Waals surface area contributed by atoms with Crippen LogP contribution in [0.5, 0.6) is 5.75 Å². The molecule has 0 spiro atoms. The van der Waals surface area contributed by atoms with Gasteiger partial charge in [-0.3, -0.25) is 0 Å². The zero-order valence-electron chi connectivity index (χ0n) is 13.7. The molecular weight excluding hydrogens is 258 g/mol. The van der Waals surface area contributed by atoms with Crippen LogP contribution in [0.25, 0.3) is 11.1 Å². The Bertz CT molecular complexity index is 617. The van der Waals surface area contributed by atoms with Crippen molar-refractivity contribution in [2.24, 2.45) is 0 Å². The summed E-state index contributed by atoms with van der Waals surface area (Å²) in [6.07, 6.45) is 0. The minimum absolute atomic E-state index is 0.461. The number of methoxy groups -OCH3 is 1. The van der Waals surface area contributed by atoms with Crippen LogP contribution in [-0.4, -0.2) is 13.2 Å². The van der Waals surface area contributed by atoms with Crippen LogP contribution in [0.4, 0.5) is 0 Å². The Kier molecular flexibility index (Phi) is 5.03. The third-order valence-electron chi connectivity index (χ3n) is 3.69. The van der Waals surface area contributed by atoms with Gasteiger partial charge in [0.05, 0.1) is 7.11 Å². The Morgan fingerprint density at radius 1 is 1.00 bits per heavy atom. The van der Waals surface area contributed by atoms with Gasteiger partial charge in [-0.2, -0.15) is 0 Å². The smallest absolute Gasteiger partial charge is 0.119 e. The van der Waals surface area contributed by atoms with E-state index in [-0.39, 0.29) is 0 Å². The van der Waals surface area contributed by atoms with Crippen molar-refractivity contribution < 1.29 is 4.74 Å². The highest BCUT2D eigenvalue weighted by molar-refractivity contribution is 5.71. The molecule has 21 heavy (non-hydrogen) atoms. The third-order valence-corrected chi connectivity index (χ3v) is 3.69. The minimum atomic E-state index is 0.461. The van der Waals surface area contributed by atoms with Gasteiger partial charge >= 0.3 is 0 Å². The largest absolute Gasteiger partial charge is 0.497 e. The van der Waals surface area contributed by atoms with Crippen LogP contribution in [0.2, 0.25) is 0 Å². The van der Waals surface area contributed by atoms with Gasteiger partial charge in [-0.1, -0.05) is 43.7 Å². The summed E-state index contributed by atoms with van der Waals surface area (Å²) >= 11 is 0. The van der Waals surface area contributed by atoms with E-state index in [0.717, 1.165) is 12.3 Å². The second-order valence-electron chi connectivity index (χ2n) is 5.88. The number of nitrogens with one attached hydrogen (secondary N) is 1. The Hall–Kier alpha value is -1.80. The minimum Gasteiger partial charge on any atom is -0.497 e. The van der Waals surface area contributed by atoms with Crippen molar-refractivity contribution in [1.82, 2.24) is 5.32 Å². The standard InChI is InChI=1S/C19H25NO/c1-13(2)20-12-16-11-17(21-5)7-9-19(16)18-8-6-14(3)10-15(18)4/h6-11,13,20H,12H2,1-5H3. The van der Waals surface area contributed by atoms with Gasteiger partial charge in [-0.25, -0.2) is 0 Å². The Morgan fingerprint density at radius 2 is 1.71 bits per heavy atom. The molecule has 0 aliphatic heterocycles. The fraction of sp³-hybridized carbons (Fsp3) is 0.368. The molecule has 0 radical (unpaired) electrons. The molecule has 0 unspecified atom stereocenters. The van der Waals surface area contributed by atoms with Crippen molar-refractivity contribution in [2.75, 3.05) is 7.11 Å². The quantitative estimate of drug-likeness (QED) is 0.873. The second-order valence-corrected chi connectivity index (χ2v) is 5.88. The van der Waals surface area contributed by atoms with Crippen LogP contribution in [-0.2, 0) is 6.54 Å². The number of ether oxygens (including phenoxy) is 1. The molecule has 0 aliphatic carbocycles. The maximum Gasteiger partial charge on any atom is 0.119 e. The van der Waals surface area contributed by atoms with Gasteiger partial charge in [-0.15, -0.1) is 0 Å². The van der Waals surface area contributed by atoms with Gasteiger partial charge in [0.1, 0.15) is 5.75 Å². The molecule has 0 amide bonds. The van der Waals surface area contributed by atoms with Gasteiger partial charge in [0.25, 0.3) is 0 Å². The van der Waals surface area contributed by atoms with E-state index in [4.69, 9.17) is 4.74 Å². The van der Waals surface area contributed by atoms with E-state index in [0.29, 0.717) is 6.04 Å². The summed E-state index contributed by atoms with van der Waals surface area (Å²) in [5, 5.41) is 3.50. The van der Waals surface area contributed by atoms with E-state index in [2.05, 4.69) is 63.3 Å². The Labute approximate surface area is 128 Å². The molecule has 0 bridgehead atoms. The lowest BCUT2D eigenvalue weighted by molar-refractivity contribution is 0.414. The number of benzene rings is 2. The third kappa shape index (κ3) is 3.85. The van der Waals surface area contributed by atoms with Gasteiger partial charge in [0.2, 0.25) is 0 Å². The van der Waals surface area contributed by atoms with E-state index in [9.17, 15) is 0 Å². The molecule has 0 fully saturated rings. The molecule has 0 aromatic heterocycles. The van der Waals surface area contributed by atoms with Gasteiger partial charge in [-0.05, 0) is 48.2 Å². The number of hydrogen-bond donors (Lipinski definition) is 1. The molecule has 2 nitrogen and oxygen atoms in total. The van der Waals surface area contributed by atoms with Crippen LogP contribution in [0.3, 0.4) is 0 Å². The van der Waals surface area contributed by atoms with E-state index < -0.39 is 0 Å². The van der Waals surface area contributed by atoms with Gasteiger partial charge < -0.3 is 10.1 Å². The lowest BCUT2D eigenvalue weighted by Crippen LogP contribution is -2.22. The molecule has 1 N–H and O–H groups in total. The summed E-state index contributed by atoms with van der Waals surface area (Å²) in [7, 11) is 1.71. The highest BCUT2D eigenvalue weighted by Crippen LogP contribution is 2.30. The molecule has 2 aromatic carbocycles. The summed E-state index contributed by atoms with van der Waals surface area (Å²) in [5.74, 6) is 0.907. The Balaban J connectivity index is 2.45. The van der Waals surface area contributed by atoms with Crippen molar-refractivity contribution in [3.05, 3.63) is 53.1 Å². The molecule has 0 atom stereocenters. The van der Waals surface area contributed by atoms with E-state index in [1.54, 1.807) is 7.11 Å². The number of rotatable bonds is 5. The van der Waals surface area contributed by atoms with Crippen molar-refractivity contribution in [2.45, 2.75) is 40.3 Å². The zero-order valence-corrected chi connectivity index (χ0v) is 13.7. The van der Waals surface area contributed by atoms with Crippen LogP contribution >= 0.6 is 0 Å². The summed E-state index contributed by atoms with van der Waals surface area (Å²) < 4.78 is 5.37. The monoisotopic (exact) mass is 283 g/mol. The average Bonchev–Trinajstić information content (AvgIpc) is 2.45. The summed E-state index contributed by atoms with van der Waals surface area (Å²) in [4.78, 5) is 0. The number of aryl methyl sites for hydroxylation is 2. The predicted octanol–water partition coefficient (Wildman–Crippen LogP) is 4.48. The second kappa shape index (κ2) is 6.77. The van der Waals surface area contributed by atoms with Crippen molar-refractivity contribution in [3.63, 3.8) is 0 Å². The fourth-order valence-electron chi connectivity index (χ4n) is 2.54. The van der Waals surface area contributed by atoms with Gasteiger partial charge in [0, 0.05) is 12.6 Å². The lowest BCUT2D eigenvalue weighted by Gasteiger charge is -2.16. The Morgan fingerprint density at radius 3 is 2.33 bits per heavy atom. The van der Waals surface area contributed by atoms with E-state index >= 15 is 0 Å². The SMILES string of the molecule is COc1ccc(-c2ccc(C)cc2C)c(CNC(C)C)c1. The first-order valence-electron chi connectivity index (χ1n) is 7.49. The van der Waals surface area contributed by atoms with Crippen LogP contribution in [0.15, 0.2) is 36.4 Å². The normalized spacial score (nSPS) is 11.0. The fourth-order valence-corrected chi connectivity index (χ4v) is 2.54. The first-order chi connectivity index (χ1) is 10.0. The van der Waals surface area contributed by atoms with E-state index in [1.165, 1.54) is 27.8 Å². The van der Waals surface area contributed by atoms with Crippen LogP contribution < -0.4 is 10.1 Å². The van der Waals surface area contributed by atoms with Crippen LogP contribution in [0.1, 0.15) is 30.5 Å². The first-order valence-corrected chi connectivity index (χ1v) is 7.49. The maximum absolute atomic E-state index is 5.37. The topological polar surface area (TPSA) is 21.3 Å². The molecule has 112 valence electrons. The maximum atomic E-state index is 5.37. The molecule has 0 aliphatic rings. The van der Waals surface area contributed by atoms with Crippen molar-refractivity contribution in [1.29, 1.82) is 0 Å². The van der Waals surface area contributed by atoms with E-state index in [1.807, 2.05) is 6.07 Å². The summed E-state index contributed by atoms with van der Waals surface area (Å²) in [5.41, 5.74) is 6.46. The predicted molar refractivity (Wildman–Crippen MR) is 89.9 cm³/mol. The molecule has 0 heterocycles. The van der Waals surface area contributed by atoms with Crippen molar-refractivity contribution in [3.8, 4) is 16.9 Å². The molecule has 0 saturated carbocycles. The average molecular weight is 283 g/mol.